The maximum Gasteiger partial charge on any atom is 0.191 e. The topological polar surface area (TPSA) is 64.1 Å². The lowest BCUT2D eigenvalue weighted by Gasteiger charge is -2.34. The summed E-state index contributed by atoms with van der Waals surface area (Å²) in [6.45, 7) is 9.73. The van der Waals surface area contributed by atoms with E-state index in [-0.39, 0.29) is 35.7 Å². The minimum absolute atomic E-state index is 0. The van der Waals surface area contributed by atoms with Crippen molar-refractivity contribution in [3.05, 3.63) is 29.8 Å². The Kier molecular flexibility index (Phi) is 11.0. The molecule has 0 spiro atoms. The second kappa shape index (κ2) is 12.4. The number of methoxy groups -OCH3 is 1. The first-order valence-corrected chi connectivity index (χ1v) is 9.46. The molecular weight excluding hydrogens is 457 g/mol. The predicted octanol–water partition coefficient (Wildman–Crippen LogP) is 3.13. The molecule has 6 nitrogen and oxygen atoms in total. The lowest BCUT2D eigenvalue weighted by molar-refractivity contribution is -0.0828. The van der Waals surface area contributed by atoms with Crippen molar-refractivity contribution in [2.75, 3.05) is 40.0 Å². The molecule has 1 aromatic carbocycles. The molecule has 1 aromatic rings. The van der Waals surface area contributed by atoms with Crippen molar-refractivity contribution in [1.82, 2.24) is 10.6 Å². The summed E-state index contributed by atoms with van der Waals surface area (Å²) >= 11 is 0. The van der Waals surface area contributed by atoms with Crippen molar-refractivity contribution in [3.63, 3.8) is 0 Å². The van der Waals surface area contributed by atoms with Crippen LogP contribution in [0, 0.1) is 6.92 Å². The summed E-state index contributed by atoms with van der Waals surface area (Å²) in [4.78, 5) is 4.74. The molecule has 154 valence electrons. The molecule has 27 heavy (non-hydrogen) atoms. The van der Waals surface area contributed by atoms with Crippen LogP contribution in [0.5, 0.6) is 5.75 Å². The average molecular weight is 491 g/mol. The van der Waals surface area contributed by atoms with Gasteiger partial charge in [-0.05, 0) is 32.4 Å². The third-order valence-corrected chi connectivity index (χ3v) is 4.69. The summed E-state index contributed by atoms with van der Waals surface area (Å²) in [5.41, 5.74) is 0.922. The quantitative estimate of drug-likeness (QED) is 0.333. The van der Waals surface area contributed by atoms with Gasteiger partial charge in [-0.1, -0.05) is 18.2 Å². The largest absolute Gasteiger partial charge is 0.489 e. The highest BCUT2D eigenvalue weighted by Crippen LogP contribution is 2.24. The zero-order valence-electron chi connectivity index (χ0n) is 16.9. The van der Waals surface area contributed by atoms with Gasteiger partial charge in [-0.25, -0.2) is 0 Å². The number of aliphatic imine (C=N–C) groups is 1. The van der Waals surface area contributed by atoms with Crippen LogP contribution in [-0.4, -0.2) is 57.6 Å². The number of halogens is 1. The van der Waals surface area contributed by atoms with Crippen LogP contribution in [0.2, 0.25) is 0 Å². The monoisotopic (exact) mass is 491 g/mol. The van der Waals surface area contributed by atoms with Crippen molar-refractivity contribution >= 4 is 29.9 Å². The molecular formula is C20H34IN3O3. The normalized spacial score (nSPS) is 17.6. The molecule has 7 heteroatoms. The van der Waals surface area contributed by atoms with E-state index in [9.17, 15) is 0 Å². The third kappa shape index (κ3) is 7.83. The van der Waals surface area contributed by atoms with E-state index >= 15 is 0 Å². The van der Waals surface area contributed by atoms with Crippen LogP contribution < -0.4 is 15.4 Å². The molecule has 1 fully saturated rings. The number of hydrogen-bond donors (Lipinski definition) is 2. The Balaban J connectivity index is 0.00000364. The molecule has 0 aromatic heterocycles. The summed E-state index contributed by atoms with van der Waals surface area (Å²) < 4.78 is 17.2. The van der Waals surface area contributed by atoms with E-state index in [0.29, 0.717) is 13.1 Å². The number of hydrogen-bond acceptors (Lipinski definition) is 4. The van der Waals surface area contributed by atoms with Gasteiger partial charge >= 0.3 is 0 Å². The Bertz CT molecular complexity index is 577. The van der Waals surface area contributed by atoms with Gasteiger partial charge in [0.1, 0.15) is 11.9 Å². The lowest BCUT2D eigenvalue weighted by Crippen LogP contribution is -2.45. The molecule has 1 saturated heterocycles. The lowest BCUT2D eigenvalue weighted by atomic mass is 9.94. The van der Waals surface area contributed by atoms with Gasteiger partial charge in [-0.2, -0.15) is 0 Å². The molecule has 1 aliphatic heterocycles. The van der Waals surface area contributed by atoms with E-state index in [0.717, 1.165) is 49.9 Å². The summed E-state index contributed by atoms with van der Waals surface area (Å²) in [5.74, 6) is 1.71. The first-order valence-electron chi connectivity index (χ1n) is 9.46. The zero-order valence-corrected chi connectivity index (χ0v) is 19.2. The van der Waals surface area contributed by atoms with Crippen LogP contribution in [0.15, 0.2) is 29.3 Å². The fraction of sp³-hybridized carbons (Fsp3) is 0.650. The number of guanidine groups is 1. The van der Waals surface area contributed by atoms with Gasteiger partial charge in [-0.3, -0.25) is 4.99 Å². The van der Waals surface area contributed by atoms with Crippen molar-refractivity contribution < 1.29 is 14.2 Å². The SMILES string of the molecule is CCNC(=NCC1(OC)CCOCC1)NCC(C)Oc1ccccc1C.I. The Morgan fingerprint density at radius 1 is 1.26 bits per heavy atom. The summed E-state index contributed by atoms with van der Waals surface area (Å²) in [7, 11) is 1.76. The number of nitrogens with one attached hydrogen (secondary N) is 2. The molecule has 1 atom stereocenters. The molecule has 2 rings (SSSR count). The van der Waals surface area contributed by atoms with Gasteiger partial charge in [0.05, 0.1) is 18.7 Å². The fourth-order valence-electron chi connectivity index (χ4n) is 2.92. The number of benzene rings is 1. The number of nitrogens with zero attached hydrogens (tertiary/aromatic N) is 1. The fourth-order valence-corrected chi connectivity index (χ4v) is 2.92. The van der Waals surface area contributed by atoms with E-state index in [1.807, 2.05) is 18.2 Å². The maximum atomic E-state index is 6.02. The number of aryl methyl sites for hydroxylation is 1. The van der Waals surface area contributed by atoms with Crippen LogP contribution in [0.4, 0.5) is 0 Å². The number of ether oxygens (including phenoxy) is 3. The zero-order chi connectivity index (χ0) is 18.8. The molecule has 0 saturated carbocycles. The van der Waals surface area contributed by atoms with Crippen molar-refractivity contribution in [3.8, 4) is 5.75 Å². The Morgan fingerprint density at radius 3 is 2.59 bits per heavy atom. The van der Waals surface area contributed by atoms with Crippen molar-refractivity contribution in [1.29, 1.82) is 0 Å². The van der Waals surface area contributed by atoms with Gasteiger partial charge in [0, 0.05) is 39.7 Å². The first kappa shape index (κ1) is 24.0. The molecule has 1 unspecified atom stereocenters. The van der Waals surface area contributed by atoms with Crippen LogP contribution in [-0.2, 0) is 9.47 Å². The van der Waals surface area contributed by atoms with E-state index in [1.54, 1.807) is 7.11 Å². The Labute approximate surface area is 180 Å². The minimum Gasteiger partial charge on any atom is -0.489 e. The smallest absolute Gasteiger partial charge is 0.191 e. The molecule has 0 aliphatic carbocycles. The van der Waals surface area contributed by atoms with Crippen molar-refractivity contribution in [2.45, 2.75) is 45.3 Å². The Hall–Kier alpha value is -1.06. The van der Waals surface area contributed by atoms with Crippen LogP contribution in [0.25, 0.3) is 0 Å². The standard InChI is InChI=1S/C20H33N3O3.HI/c1-5-21-19(23-15-20(24-4)10-12-25-13-11-20)22-14-17(3)26-18-9-7-6-8-16(18)2;/h6-9,17H,5,10-15H2,1-4H3,(H2,21,22,23);1H. The van der Waals surface area contributed by atoms with Crippen LogP contribution in [0.1, 0.15) is 32.3 Å². The second-order valence-corrected chi connectivity index (χ2v) is 6.77. The maximum absolute atomic E-state index is 6.02. The van der Waals surface area contributed by atoms with Gasteiger partial charge in [-0.15, -0.1) is 24.0 Å². The van der Waals surface area contributed by atoms with Crippen LogP contribution in [0.3, 0.4) is 0 Å². The Morgan fingerprint density at radius 2 is 1.96 bits per heavy atom. The molecule has 0 amide bonds. The number of para-hydroxylation sites is 1. The van der Waals surface area contributed by atoms with E-state index in [2.05, 4.69) is 37.5 Å². The molecule has 0 bridgehead atoms. The van der Waals surface area contributed by atoms with E-state index in [1.165, 1.54) is 0 Å². The third-order valence-electron chi connectivity index (χ3n) is 4.69. The molecule has 0 radical (unpaired) electrons. The van der Waals surface area contributed by atoms with Gasteiger partial charge in [0.2, 0.25) is 0 Å². The van der Waals surface area contributed by atoms with Gasteiger partial charge < -0.3 is 24.8 Å². The first-order chi connectivity index (χ1) is 12.6. The summed E-state index contributed by atoms with van der Waals surface area (Å²) in [5, 5.41) is 6.66. The molecule has 1 aliphatic rings. The molecule has 2 N–H and O–H groups in total. The summed E-state index contributed by atoms with van der Waals surface area (Å²) in [6, 6.07) is 8.06. The second-order valence-electron chi connectivity index (χ2n) is 6.77. The van der Waals surface area contributed by atoms with E-state index in [4.69, 9.17) is 19.2 Å². The van der Waals surface area contributed by atoms with E-state index < -0.39 is 0 Å². The van der Waals surface area contributed by atoms with Gasteiger partial charge in [0.15, 0.2) is 5.96 Å². The highest BCUT2D eigenvalue weighted by Gasteiger charge is 2.32. The number of rotatable bonds is 8. The predicted molar refractivity (Wildman–Crippen MR) is 120 cm³/mol. The highest BCUT2D eigenvalue weighted by molar-refractivity contribution is 14.0. The average Bonchev–Trinajstić information content (AvgIpc) is 2.66. The molecule has 1 heterocycles. The summed E-state index contributed by atoms with van der Waals surface area (Å²) in [6.07, 6.45) is 1.78. The van der Waals surface area contributed by atoms with Crippen molar-refractivity contribution in [2.24, 2.45) is 4.99 Å². The van der Waals surface area contributed by atoms with Gasteiger partial charge in [0.25, 0.3) is 0 Å². The highest BCUT2D eigenvalue weighted by atomic mass is 127. The van der Waals surface area contributed by atoms with Crippen LogP contribution >= 0.6 is 24.0 Å². The minimum atomic E-state index is -0.218.